The summed E-state index contributed by atoms with van der Waals surface area (Å²) in [6.45, 7) is 4.71. The summed E-state index contributed by atoms with van der Waals surface area (Å²) in [5, 5.41) is 5.22. The van der Waals surface area contributed by atoms with Gasteiger partial charge in [-0.3, -0.25) is 14.4 Å². The summed E-state index contributed by atoms with van der Waals surface area (Å²) >= 11 is 0. The summed E-state index contributed by atoms with van der Waals surface area (Å²) in [5.74, 6) is -0.658. The second-order valence-corrected chi connectivity index (χ2v) is 4.99. The molecule has 0 aliphatic carbocycles. The number of hydrogen-bond acceptors (Lipinski definition) is 3. The molecule has 0 bridgehead atoms. The van der Waals surface area contributed by atoms with Crippen LogP contribution in [0.2, 0.25) is 0 Å². The molecule has 0 aliphatic heterocycles. The molecule has 0 unspecified atom stereocenters. The molecule has 0 saturated heterocycles. The van der Waals surface area contributed by atoms with Crippen molar-refractivity contribution >= 4 is 17.6 Å². The first kappa shape index (κ1) is 16.9. The third-order valence-corrected chi connectivity index (χ3v) is 3.15. The largest absolute Gasteiger partial charge is 0.345 e. The fraction of sp³-hybridized carbons (Fsp3) is 0.438. The molecule has 1 rings (SSSR count). The standard InChI is InChI=1S/C16H22N2O3/c1-4-15(20)14(10-13-8-6-5-7-9-13)18-16(21)11(2)17-12(3)19/h5-9,11,14H,4,10H2,1-3H3,(H,17,19)(H,18,21)/t11-,14-/m0/s1. The van der Waals surface area contributed by atoms with Crippen LogP contribution in [0.5, 0.6) is 0 Å². The summed E-state index contributed by atoms with van der Waals surface area (Å²) < 4.78 is 0. The third kappa shape index (κ3) is 5.77. The topological polar surface area (TPSA) is 75.3 Å². The molecule has 0 heterocycles. The summed E-state index contributed by atoms with van der Waals surface area (Å²) in [4.78, 5) is 35.0. The second-order valence-electron chi connectivity index (χ2n) is 4.99. The normalized spacial score (nSPS) is 13.1. The SMILES string of the molecule is CCC(=O)[C@H](Cc1ccccc1)NC(=O)[C@H](C)NC(C)=O. The lowest BCUT2D eigenvalue weighted by atomic mass is 10.0. The Balaban J connectivity index is 2.72. The number of hydrogen-bond donors (Lipinski definition) is 2. The Hall–Kier alpha value is -2.17. The van der Waals surface area contributed by atoms with Crippen molar-refractivity contribution in [3.8, 4) is 0 Å². The van der Waals surface area contributed by atoms with E-state index in [0.717, 1.165) is 5.56 Å². The van der Waals surface area contributed by atoms with Crippen LogP contribution in [0.15, 0.2) is 30.3 Å². The summed E-state index contributed by atoms with van der Waals surface area (Å²) in [6.07, 6.45) is 0.804. The molecule has 0 spiro atoms. The maximum atomic E-state index is 12.0. The summed E-state index contributed by atoms with van der Waals surface area (Å²) in [7, 11) is 0. The number of Topliss-reactive ketones (excluding diaryl/α,β-unsaturated/α-hetero) is 1. The third-order valence-electron chi connectivity index (χ3n) is 3.15. The zero-order chi connectivity index (χ0) is 15.8. The van der Waals surface area contributed by atoms with Crippen molar-refractivity contribution in [3.63, 3.8) is 0 Å². The van der Waals surface area contributed by atoms with E-state index in [2.05, 4.69) is 10.6 Å². The minimum absolute atomic E-state index is 0.0257. The zero-order valence-electron chi connectivity index (χ0n) is 12.7. The molecule has 5 nitrogen and oxygen atoms in total. The van der Waals surface area contributed by atoms with Crippen LogP contribution in [0, 0.1) is 0 Å². The van der Waals surface area contributed by atoms with E-state index in [4.69, 9.17) is 0 Å². The van der Waals surface area contributed by atoms with Gasteiger partial charge in [-0.15, -0.1) is 0 Å². The van der Waals surface area contributed by atoms with E-state index in [1.165, 1.54) is 6.92 Å². The summed E-state index contributed by atoms with van der Waals surface area (Å²) in [5.41, 5.74) is 0.983. The monoisotopic (exact) mass is 290 g/mol. The highest BCUT2D eigenvalue weighted by Gasteiger charge is 2.22. The molecule has 0 aliphatic rings. The van der Waals surface area contributed by atoms with Crippen molar-refractivity contribution in [1.29, 1.82) is 0 Å². The Morgan fingerprint density at radius 2 is 1.71 bits per heavy atom. The molecule has 1 aromatic rings. The van der Waals surface area contributed by atoms with E-state index in [0.29, 0.717) is 12.8 Å². The number of carbonyl (C=O) groups excluding carboxylic acids is 3. The lowest BCUT2D eigenvalue weighted by molar-refractivity contribution is -0.130. The van der Waals surface area contributed by atoms with E-state index in [1.54, 1.807) is 13.8 Å². The van der Waals surface area contributed by atoms with Crippen molar-refractivity contribution in [2.45, 2.75) is 45.7 Å². The van der Waals surface area contributed by atoms with Crippen molar-refractivity contribution in [2.24, 2.45) is 0 Å². The quantitative estimate of drug-likeness (QED) is 0.793. The van der Waals surface area contributed by atoms with Gasteiger partial charge in [0.05, 0.1) is 6.04 Å². The lowest BCUT2D eigenvalue weighted by Gasteiger charge is -2.20. The highest BCUT2D eigenvalue weighted by Crippen LogP contribution is 2.06. The van der Waals surface area contributed by atoms with Crippen LogP contribution in [0.1, 0.15) is 32.8 Å². The van der Waals surface area contributed by atoms with Crippen LogP contribution >= 0.6 is 0 Å². The van der Waals surface area contributed by atoms with Gasteiger partial charge >= 0.3 is 0 Å². The van der Waals surface area contributed by atoms with Crippen molar-refractivity contribution in [3.05, 3.63) is 35.9 Å². The molecule has 2 N–H and O–H groups in total. The van der Waals surface area contributed by atoms with Crippen LogP contribution in [0.4, 0.5) is 0 Å². The minimum atomic E-state index is -0.662. The van der Waals surface area contributed by atoms with E-state index >= 15 is 0 Å². The number of benzene rings is 1. The molecule has 5 heteroatoms. The van der Waals surface area contributed by atoms with E-state index in [-0.39, 0.29) is 17.6 Å². The Morgan fingerprint density at radius 1 is 1.10 bits per heavy atom. The highest BCUT2D eigenvalue weighted by atomic mass is 16.2. The molecule has 0 aromatic heterocycles. The summed E-state index contributed by atoms with van der Waals surface area (Å²) in [6, 6.07) is 8.29. The molecule has 0 saturated carbocycles. The van der Waals surface area contributed by atoms with Gasteiger partial charge in [0.15, 0.2) is 5.78 Å². The predicted octanol–water partition coefficient (Wildman–Crippen LogP) is 1.22. The van der Waals surface area contributed by atoms with Gasteiger partial charge in [-0.25, -0.2) is 0 Å². The molecule has 2 amide bonds. The van der Waals surface area contributed by atoms with Crippen molar-refractivity contribution < 1.29 is 14.4 Å². The van der Waals surface area contributed by atoms with Gasteiger partial charge in [-0.1, -0.05) is 37.3 Å². The van der Waals surface area contributed by atoms with Gasteiger partial charge in [-0.2, -0.15) is 0 Å². The minimum Gasteiger partial charge on any atom is -0.345 e. The Kier molecular flexibility index (Phi) is 6.59. The van der Waals surface area contributed by atoms with Crippen LogP contribution in [-0.4, -0.2) is 29.7 Å². The van der Waals surface area contributed by atoms with Crippen molar-refractivity contribution in [1.82, 2.24) is 10.6 Å². The van der Waals surface area contributed by atoms with Crippen LogP contribution in [0.3, 0.4) is 0 Å². The molecule has 21 heavy (non-hydrogen) atoms. The predicted molar refractivity (Wildman–Crippen MR) is 80.7 cm³/mol. The zero-order valence-corrected chi connectivity index (χ0v) is 12.7. The smallest absolute Gasteiger partial charge is 0.242 e. The van der Waals surface area contributed by atoms with E-state index in [1.807, 2.05) is 30.3 Å². The number of amides is 2. The average Bonchev–Trinajstić information content (AvgIpc) is 2.46. The number of nitrogens with one attached hydrogen (secondary N) is 2. The van der Waals surface area contributed by atoms with Gasteiger partial charge in [0.25, 0.3) is 0 Å². The second kappa shape index (κ2) is 8.19. The fourth-order valence-corrected chi connectivity index (χ4v) is 2.01. The first-order valence-electron chi connectivity index (χ1n) is 7.08. The number of ketones is 1. The molecule has 0 radical (unpaired) electrons. The lowest BCUT2D eigenvalue weighted by Crippen LogP contribution is -2.50. The first-order chi connectivity index (χ1) is 9.93. The van der Waals surface area contributed by atoms with Gasteiger partial charge in [0.1, 0.15) is 6.04 Å². The highest BCUT2D eigenvalue weighted by molar-refractivity contribution is 5.92. The van der Waals surface area contributed by atoms with Crippen LogP contribution < -0.4 is 10.6 Å². The number of rotatable bonds is 7. The fourth-order valence-electron chi connectivity index (χ4n) is 2.01. The average molecular weight is 290 g/mol. The Labute approximate surface area is 125 Å². The van der Waals surface area contributed by atoms with Gasteiger partial charge in [0, 0.05) is 13.3 Å². The molecule has 2 atom stereocenters. The molecular weight excluding hydrogens is 268 g/mol. The maximum Gasteiger partial charge on any atom is 0.242 e. The van der Waals surface area contributed by atoms with Crippen LogP contribution in [-0.2, 0) is 20.8 Å². The Morgan fingerprint density at radius 3 is 2.24 bits per heavy atom. The molecule has 114 valence electrons. The van der Waals surface area contributed by atoms with E-state index < -0.39 is 12.1 Å². The van der Waals surface area contributed by atoms with E-state index in [9.17, 15) is 14.4 Å². The molecule has 1 aromatic carbocycles. The van der Waals surface area contributed by atoms with Crippen LogP contribution in [0.25, 0.3) is 0 Å². The molecule has 0 fully saturated rings. The van der Waals surface area contributed by atoms with Gasteiger partial charge in [-0.05, 0) is 18.9 Å². The van der Waals surface area contributed by atoms with Crippen molar-refractivity contribution in [2.75, 3.05) is 0 Å². The molecular formula is C16H22N2O3. The van der Waals surface area contributed by atoms with Gasteiger partial charge < -0.3 is 10.6 Å². The first-order valence-corrected chi connectivity index (χ1v) is 7.08. The van der Waals surface area contributed by atoms with Gasteiger partial charge in [0.2, 0.25) is 11.8 Å². The Bertz CT molecular complexity index is 500. The maximum absolute atomic E-state index is 12.0. The number of carbonyl (C=O) groups is 3.